The van der Waals surface area contributed by atoms with Crippen LogP contribution in [0.4, 0.5) is 5.69 Å². The number of nitrogens with one attached hydrogen (secondary N) is 1. The number of ketones is 1. The normalized spacial score (nSPS) is 15.7. The Bertz CT molecular complexity index is 805. The van der Waals surface area contributed by atoms with Gasteiger partial charge in [0.05, 0.1) is 12.1 Å². The molecule has 1 N–H and O–H groups in total. The third-order valence-electron chi connectivity index (χ3n) is 5.13. The predicted octanol–water partition coefficient (Wildman–Crippen LogP) is 3.30. The first kappa shape index (κ1) is 19.7. The van der Waals surface area contributed by atoms with Crippen molar-refractivity contribution in [2.24, 2.45) is 0 Å². The van der Waals surface area contributed by atoms with E-state index in [4.69, 9.17) is 0 Å². The van der Waals surface area contributed by atoms with Crippen LogP contribution < -0.4 is 5.32 Å². The molecule has 6 heteroatoms. The number of thiophene rings is 1. The number of benzene rings is 1. The number of rotatable bonds is 6. The number of likely N-dealkylation sites (N-methyl/N-ethyl adjacent to an activating group) is 1. The van der Waals surface area contributed by atoms with Crippen LogP contribution in [0.15, 0.2) is 29.6 Å². The molecular formula is C21H27N3O2S. The summed E-state index contributed by atoms with van der Waals surface area (Å²) in [7, 11) is 2.10. The summed E-state index contributed by atoms with van der Waals surface area (Å²) in [5.74, 6) is 0.0341. The quantitative estimate of drug-likeness (QED) is 0.775. The molecule has 5 nitrogen and oxygen atoms in total. The smallest absolute Gasteiger partial charge is 0.256 e. The Morgan fingerprint density at radius 3 is 2.41 bits per heavy atom. The summed E-state index contributed by atoms with van der Waals surface area (Å²) >= 11 is 1.60. The van der Waals surface area contributed by atoms with Gasteiger partial charge in [0, 0.05) is 47.7 Å². The van der Waals surface area contributed by atoms with Crippen LogP contribution in [0.25, 0.3) is 0 Å². The van der Waals surface area contributed by atoms with Gasteiger partial charge in [0.15, 0.2) is 5.78 Å². The molecule has 1 fully saturated rings. The molecule has 0 spiro atoms. The first-order chi connectivity index (χ1) is 13.0. The SMILES string of the molecule is CCc1c(C(=O)Nc2ccc(C(=O)CN3CCN(C)CC3)cc2)csc1C. The monoisotopic (exact) mass is 385 g/mol. The van der Waals surface area contributed by atoms with Gasteiger partial charge in [-0.2, -0.15) is 0 Å². The van der Waals surface area contributed by atoms with E-state index in [1.165, 1.54) is 4.88 Å². The van der Waals surface area contributed by atoms with Crippen LogP contribution in [0.2, 0.25) is 0 Å². The van der Waals surface area contributed by atoms with Gasteiger partial charge in [-0.3, -0.25) is 14.5 Å². The van der Waals surface area contributed by atoms with E-state index >= 15 is 0 Å². The maximum Gasteiger partial charge on any atom is 0.256 e. The maximum atomic E-state index is 12.5. The Kier molecular flexibility index (Phi) is 6.42. The second-order valence-electron chi connectivity index (χ2n) is 7.07. The molecule has 2 aromatic rings. The van der Waals surface area contributed by atoms with Gasteiger partial charge in [0.1, 0.15) is 0 Å². The summed E-state index contributed by atoms with van der Waals surface area (Å²) in [5.41, 5.74) is 3.25. The average molecular weight is 386 g/mol. The molecule has 27 heavy (non-hydrogen) atoms. The highest BCUT2D eigenvalue weighted by molar-refractivity contribution is 7.10. The molecule has 0 atom stereocenters. The second-order valence-corrected chi connectivity index (χ2v) is 8.16. The van der Waals surface area contributed by atoms with Crippen LogP contribution in [-0.2, 0) is 6.42 Å². The minimum Gasteiger partial charge on any atom is -0.322 e. The number of hydrogen-bond donors (Lipinski definition) is 1. The van der Waals surface area contributed by atoms with E-state index in [1.54, 1.807) is 35.6 Å². The van der Waals surface area contributed by atoms with Gasteiger partial charge in [0.25, 0.3) is 5.91 Å². The third-order valence-corrected chi connectivity index (χ3v) is 6.08. The fraction of sp³-hybridized carbons (Fsp3) is 0.429. The van der Waals surface area contributed by atoms with E-state index in [1.807, 2.05) is 12.3 Å². The lowest BCUT2D eigenvalue weighted by Gasteiger charge is -2.31. The molecule has 0 bridgehead atoms. The lowest BCUT2D eigenvalue weighted by Crippen LogP contribution is -2.46. The largest absolute Gasteiger partial charge is 0.322 e. The van der Waals surface area contributed by atoms with Crippen LogP contribution in [0.3, 0.4) is 0 Å². The van der Waals surface area contributed by atoms with Crippen molar-refractivity contribution < 1.29 is 9.59 Å². The highest BCUT2D eigenvalue weighted by Crippen LogP contribution is 2.23. The number of piperazine rings is 1. The van der Waals surface area contributed by atoms with E-state index in [-0.39, 0.29) is 11.7 Å². The molecule has 1 aliphatic rings. The van der Waals surface area contributed by atoms with E-state index in [9.17, 15) is 9.59 Å². The number of anilines is 1. The zero-order valence-electron chi connectivity index (χ0n) is 16.2. The number of hydrogen-bond acceptors (Lipinski definition) is 5. The van der Waals surface area contributed by atoms with Gasteiger partial charge >= 0.3 is 0 Å². The van der Waals surface area contributed by atoms with Crippen molar-refractivity contribution in [3.8, 4) is 0 Å². The second kappa shape index (κ2) is 8.78. The van der Waals surface area contributed by atoms with Gasteiger partial charge in [-0.1, -0.05) is 6.92 Å². The number of carbonyl (C=O) groups excluding carboxylic acids is 2. The molecule has 0 unspecified atom stereocenters. The fourth-order valence-corrected chi connectivity index (χ4v) is 4.29. The summed E-state index contributed by atoms with van der Waals surface area (Å²) in [4.78, 5) is 30.7. The van der Waals surface area contributed by atoms with Crippen molar-refractivity contribution >= 4 is 28.7 Å². The Morgan fingerprint density at radius 2 is 1.78 bits per heavy atom. The lowest BCUT2D eigenvalue weighted by molar-refractivity contribution is 0.0876. The Hall–Kier alpha value is -2.02. The number of nitrogens with zero attached hydrogens (tertiary/aromatic N) is 2. The molecule has 0 aliphatic carbocycles. The summed E-state index contributed by atoms with van der Waals surface area (Å²) in [6.45, 7) is 8.41. The van der Waals surface area contributed by atoms with Crippen molar-refractivity contribution in [3.05, 3.63) is 51.2 Å². The van der Waals surface area contributed by atoms with Crippen LogP contribution in [0.5, 0.6) is 0 Å². The maximum absolute atomic E-state index is 12.5. The van der Waals surface area contributed by atoms with Crippen LogP contribution in [-0.4, -0.2) is 61.3 Å². The lowest BCUT2D eigenvalue weighted by atomic mass is 10.1. The van der Waals surface area contributed by atoms with Crippen molar-refractivity contribution in [2.45, 2.75) is 20.3 Å². The molecule has 3 rings (SSSR count). The molecule has 0 radical (unpaired) electrons. The Balaban J connectivity index is 1.59. The molecule has 1 saturated heterocycles. The molecule has 1 aromatic heterocycles. The number of amides is 1. The molecule has 1 aromatic carbocycles. The van der Waals surface area contributed by atoms with Crippen molar-refractivity contribution in [3.63, 3.8) is 0 Å². The zero-order chi connectivity index (χ0) is 19.4. The van der Waals surface area contributed by atoms with Crippen molar-refractivity contribution in [2.75, 3.05) is 45.1 Å². The molecule has 2 heterocycles. The molecule has 1 aliphatic heterocycles. The van der Waals surface area contributed by atoms with E-state index < -0.39 is 0 Å². The number of carbonyl (C=O) groups is 2. The molecule has 1 amide bonds. The van der Waals surface area contributed by atoms with Crippen LogP contribution in [0, 0.1) is 6.92 Å². The van der Waals surface area contributed by atoms with Gasteiger partial charge in [0.2, 0.25) is 0 Å². The van der Waals surface area contributed by atoms with Crippen LogP contribution in [0.1, 0.15) is 38.1 Å². The third kappa shape index (κ3) is 4.83. The minimum absolute atomic E-state index is 0.0901. The van der Waals surface area contributed by atoms with Crippen molar-refractivity contribution in [1.29, 1.82) is 0 Å². The number of Topliss-reactive ketones (excluding diaryl/α,β-unsaturated/α-hetero) is 1. The molecular weight excluding hydrogens is 358 g/mol. The minimum atomic E-state index is -0.0901. The first-order valence-corrected chi connectivity index (χ1v) is 10.3. The van der Waals surface area contributed by atoms with Gasteiger partial charge in [-0.25, -0.2) is 0 Å². The van der Waals surface area contributed by atoms with Crippen LogP contribution >= 0.6 is 11.3 Å². The molecule has 0 saturated carbocycles. The standard InChI is InChI=1S/C21H27N3O2S/c1-4-18-15(2)27-14-19(18)21(26)22-17-7-5-16(6-8-17)20(25)13-24-11-9-23(3)10-12-24/h5-8,14H,4,9-13H2,1-3H3,(H,22,26). The summed E-state index contributed by atoms with van der Waals surface area (Å²) in [6, 6.07) is 7.21. The highest BCUT2D eigenvalue weighted by atomic mass is 32.1. The van der Waals surface area contributed by atoms with Gasteiger partial charge in [-0.05, 0) is 50.2 Å². The van der Waals surface area contributed by atoms with Gasteiger partial charge in [-0.15, -0.1) is 11.3 Å². The van der Waals surface area contributed by atoms with Crippen molar-refractivity contribution in [1.82, 2.24) is 9.80 Å². The Labute approximate surface area is 165 Å². The summed E-state index contributed by atoms with van der Waals surface area (Å²) in [6.07, 6.45) is 0.845. The highest BCUT2D eigenvalue weighted by Gasteiger charge is 2.18. The zero-order valence-corrected chi connectivity index (χ0v) is 17.1. The predicted molar refractivity (Wildman–Crippen MR) is 111 cm³/mol. The molecule has 144 valence electrons. The fourth-order valence-electron chi connectivity index (χ4n) is 3.35. The average Bonchev–Trinajstić information content (AvgIpc) is 3.05. The van der Waals surface area contributed by atoms with E-state index in [0.717, 1.165) is 43.7 Å². The first-order valence-electron chi connectivity index (χ1n) is 9.40. The topological polar surface area (TPSA) is 52.7 Å². The van der Waals surface area contributed by atoms with Gasteiger partial charge < -0.3 is 10.2 Å². The Morgan fingerprint density at radius 1 is 1.11 bits per heavy atom. The summed E-state index contributed by atoms with van der Waals surface area (Å²) < 4.78 is 0. The number of aryl methyl sites for hydroxylation is 1. The van der Waals surface area contributed by atoms with E-state index in [0.29, 0.717) is 17.8 Å². The van der Waals surface area contributed by atoms with E-state index in [2.05, 4.69) is 29.1 Å². The summed E-state index contributed by atoms with van der Waals surface area (Å²) in [5, 5.41) is 4.85.